The Morgan fingerprint density at radius 3 is 2.15 bits per heavy atom. The Kier molecular flexibility index (Phi) is 9.55. The Balaban J connectivity index is 0.000000587. The van der Waals surface area contributed by atoms with Crippen LogP contribution in [-0.4, -0.2) is 56.5 Å². The Hall–Kier alpha value is -3.83. The number of anilines is 3. The molecule has 0 amide bonds. The number of aliphatic carboxylic acids is 1. The number of nitrogens with one attached hydrogen (secondary N) is 1. The minimum Gasteiger partial charge on any atom is -0.475 e. The third kappa shape index (κ3) is 8.34. The molecule has 0 aromatic carbocycles. The van der Waals surface area contributed by atoms with E-state index in [0.29, 0.717) is 40.8 Å². The number of carbonyl (C=O) groups is 1. The molecule has 4 heterocycles. The highest BCUT2D eigenvalue weighted by molar-refractivity contribution is 7.98. The Morgan fingerprint density at radius 1 is 0.951 bits per heavy atom. The van der Waals surface area contributed by atoms with Gasteiger partial charge >= 0.3 is 24.5 Å². The first-order chi connectivity index (χ1) is 19.0. The standard InChI is InChI=1S/C21H18F6N6S.C2HF3O2/c1-34-19-31-15-7-10-33(18-14(20(22,23)24)3-2-8-28-18)9-6-13(15)17(32-19)30-12-4-5-16(29-11-12)21(25,26)27;3-2(4,5)1(6)7/h2-5,8,11H,6-7,9-10H2,1H3,(H,30,31,32);(H,6,7). The van der Waals surface area contributed by atoms with Crippen molar-refractivity contribution < 1.29 is 49.4 Å². The summed E-state index contributed by atoms with van der Waals surface area (Å²) in [4.78, 5) is 26.8. The van der Waals surface area contributed by atoms with Crippen molar-refractivity contribution in [3.8, 4) is 0 Å². The molecule has 1 aliphatic heterocycles. The molecule has 0 fully saturated rings. The van der Waals surface area contributed by atoms with Gasteiger partial charge in [-0.25, -0.2) is 24.7 Å². The minimum absolute atomic E-state index is 0.151. The van der Waals surface area contributed by atoms with E-state index in [1.54, 1.807) is 11.2 Å². The molecule has 0 saturated carbocycles. The summed E-state index contributed by atoms with van der Waals surface area (Å²) >= 11 is 1.28. The van der Waals surface area contributed by atoms with Gasteiger partial charge in [-0.15, -0.1) is 0 Å². The number of carboxylic acids is 1. The number of hydrogen-bond acceptors (Lipinski definition) is 8. The van der Waals surface area contributed by atoms with E-state index in [0.717, 1.165) is 18.3 Å². The number of fused-ring (bicyclic) bond motifs is 1. The molecule has 18 heteroatoms. The van der Waals surface area contributed by atoms with Crippen LogP contribution in [0.15, 0.2) is 41.8 Å². The van der Waals surface area contributed by atoms with Gasteiger partial charge in [0.15, 0.2) is 5.16 Å². The average molecular weight is 614 g/mol. The molecule has 0 atom stereocenters. The van der Waals surface area contributed by atoms with Gasteiger partial charge in [0.2, 0.25) is 0 Å². The fraction of sp³-hybridized carbons (Fsp3) is 0.348. The van der Waals surface area contributed by atoms with Crippen molar-refractivity contribution in [3.63, 3.8) is 0 Å². The molecule has 222 valence electrons. The molecule has 0 saturated heterocycles. The lowest BCUT2D eigenvalue weighted by Gasteiger charge is -2.24. The van der Waals surface area contributed by atoms with E-state index in [-0.39, 0.29) is 18.9 Å². The molecular weight excluding hydrogens is 595 g/mol. The van der Waals surface area contributed by atoms with Crippen molar-refractivity contribution in [1.29, 1.82) is 0 Å². The number of nitrogens with zero attached hydrogens (tertiary/aromatic N) is 5. The molecule has 0 radical (unpaired) electrons. The quantitative estimate of drug-likeness (QED) is 0.208. The maximum atomic E-state index is 13.5. The van der Waals surface area contributed by atoms with E-state index < -0.39 is 35.8 Å². The predicted molar refractivity (Wildman–Crippen MR) is 129 cm³/mol. The summed E-state index contributed by atoms with van der Waals surface area (Å²) in [5.74, 6) is -2.52. The van der Waals surface area contributed by atoms with Crippen molar-refractivity contribution in [2.75, 3.05) is 29.6 Å². The smallest absolute Gasteiger partial charge is 0.475 e. The highest BCUT2D eigenvalue weighted by Gasteiger charge is 2.38. The van der Waals surface area contributed by atoms with Crippen LogP contribution in [0.4, 0.5) is 56.8 Å². The highest BCUT2D eigenvalue weighted by atomic mass is 32.2. The first-order valence-electron chi connectivity index (χ1n) is 11.3. The van der Waals surface area contributed by atoms with Crippen molar-refractivity contribution in [2.24, 2.45) is 0 Å². The lowest BCUT2D eigenvalue weighted by atomic mass is 10.1. The normalized spacial score (nSPS) is 14.0. The fourth-order valence-electron chi connectivity index (χ4n) is 3.63. The summed E-state index contributed by atoms with van der Waals surface area (Å²) in [7, 11) is 0. The lowest BCUT2D eigenvalue weighted by Crippen LogP contribution is -2.29. The second-order valence-electron chi connectivity index (χ2n) is 8.20. The number of alkyl halides is 9. The van der Waals surface area contributed by atoms with Crippen molar-refractivity contribution in [2.45, 2.75) is 36.5 Å². The molecule has 3 aromatic rings. The van der Waals surface area contributed by atoms with Gasteiger partial charge in [0.05, 0.1) is 23.1 Å². The average Bonchev–Trinajstić information content (AvgIpc) is 3.10. The fourth-order valence-corrected chi connectivity index (χ4v) is 4.01. The summed E-state index contributed by atoms with van der Waals surface area (Å²) in [6.45, 7) is 0.494. The second-order valence-corrected chi connectivity index (χ2v) is 8.97. The third-order valence-corrected chi connectivity index (χ3v) is 6.00. The number of halogens is 9. The van der Waals surface area contributed by atoms with Crippen LogP contribution in [0.25, 0.3) is 0 Å². The van der Waals surface area contributed by atoms with Gasteiger partial charge in [-0.2, -0.15) is 39.5 Å². The number of carboxylic acid groups (broad SMARTS) is 1. The largest absolute Gasteiger partial charge is 0.490 e. The molecule has 0 bridgehead atoms. The number of rotatable bonds is 4. The number of hydrogen-bond donors (Lipinski definition) is 2. The van der Waals surface area contributed by atoms with Crippen LogP contribution in [0.2, 0.25) is 0 Å². The predicted octanol–water partition coefficient (Wildman–Crippen LogP) is 6.01. The number of pyridine rings is 2. The van der Waals surface area contributed by atoms with Crippen molar-refractivity contribution in [3.05, 3.63) is 59.2 Å². The summed E-state index contributed by atoms with van der Waals surface area (Å²) in [5, 5.41) is 10.6. The molecule has 0 unspecified atom stereocenters. The lowest BCUT2D eigenvalue weighted by molar-refractivity contribution is -0.192. The van der Waals surface area contributed by atoms with E-state index in [2.05, 4.69) is 25.3 Å². The monoisotopic (exact) mass is 614 g/mol. The maximum absolute atomic E-state index is 13.5. The minimum atomic E-state index is -5.08. The van der Waals surface area contributed by atoms with Crippen LogP contribution in [0.5, 0.6) is 0 Å². The molecule has 1 aliphatic rings. The van der Waals surface area contributed by atoms with Gasteiger partial charge in [-0.3, -0.25) is 0 Å². The van der Waals surface area contributed by atoms with E-state index >= 15 is 0 Å². The van der Waals surface area contributed by atoms with Gasteiger partial charge in [-0.05, 0) is 36.9 Å². The van der Waals surface area contributed by atoms with E-state index in [1.807, 2.05) is 0 Å². The van der Waals surface area contributed by atoms with Gasteiger partial charge in [0, 0.05) is 31.3 Å². The number of aromatic nitrogens is 4. The summed E-state index contributed by atoms with van der Waals surface area (Å²) in [5.41, 5.74) is -0.189. The molecule has 0 spiro atoms. The van der Waals surface area contributed by atoms with Crippen molar-refractivity contribution in [1.82, 2.24) is 19.9 Å². The van der Waals surface area contributed by atoms with Crippen molar-refractivity contribution >= 4 is 35.1 Å². The van der Waals surface area contributed by atoms with E-state index in [1.165, 1.54) is 30.1 Å². The molecule has 0 aliphatic carbocycles. The zero-order valence-electron chi connectivity index (χ0n) is 20.7. The molecular formula is C23H19F9N6O2S. The third-order valence-electron chi connectivity index (χ3n) is 5.46. The van der Waals surface area contributed by atoms with Crippen LogP contribution in [0, 0.1) is 0 Å². The zero-order valence-corrected chi connectivity index (χ0v) is 21.5. The van der Waals surface area contributed by atoms with E-state index in [9.17, 15) is 39.5 Å². The second kappa shape index (κ2) is 12.4. The first-order valence-corrected chi connectivity index (χ1v) is 12.5. The Labute approximate surface area is 230 Å². The highest BCUT2D eigenvalue weighted by Crippen LogP contribution is 2.36. The van der Waals surface area contributed by atoms with Gasteiger partial charge in [0.1, 0.15) is 17.3 Å². The van der Waals surface area contributed by atoms with Crippen LogP contribution in [0.3, 0.4) is 0 Å². The molecule has 3 aromatic heterocycles. The van der Waals surface area contributed by atoms with Crippen LogP contribution >= 0.6 is 11.8 Å². The van der Waals surface area contributed by atoms with Gasteiger partial charge in [-0.1, -0.05) is 11.8 Å². The summed E-state index contributed by atoms with van der Waals surface area (Å²) in [6, 6.07) is 4.35. The topological polar surface area (TPSA) is 104 Å². The molecule has 8 nitrogen and oxygen atoms in total. The molecule has 41 heavy (non-hydrogen) atoms. The maximum Gasteiger partial charge on any atom is 0.490 e. The van der Waals surface area contributed by atoms with Crippen LogP contribution in [-0.2, 0) is 30.0 Å². The summed E-state index contributed by atoms with van der Waals surface area (Å²) < 4.78 is 111. The zero-order chi connectivity index (χ0) is 30.6. The SMILES string of the molecule is CSc1nc2c(c(Nc3ccc(C(F)(F)F)nc3)n1)CCN(c1ncccc1C(F)(F)F)CC2.O=C(O)C(F)(F)F. The van der Waals surface area contributed by atoms with Gasteiger partial charge < -0.3 is 15.3 Å². The Morgan fingerprint density at radius 2 is 1.61 bits per heavy atom. The Bertz CT molecular complexity index is 1370. The molecule has 2 N–H and O–H groups in total. The number of thioether (sulfide) groups is 1. The van der Waals surface area contributed by atoms with Gasteiger partial charge in [0.25, 0.3) is 0 Å². The first kappa shape index (κ1) is 31.7. The van der Waals surface area contributed by atoms with Crippen LogP contribution < -0.4 is 10.2 Å². The summed E-state index contributed by atoms with van der Waals surface area (Å²) in [6.07, 6.45) is -9.37. The van der Waals surface area contributed by atoms with E-state index in [4.69, 9.17) is 9.90 Å². The van der Waals surface area contributed by atoms with Crippen LogP contribution in [0.1, 0.15) is 22.5 Å². The molecule has 4 rings (SSSR count).